The lowest BCUT2D eigenvalue weighted by Crippen LogP contribution is -2.53. The summed E-state index contributed by atoms with van der Waals surface area (Å²) in [7, 11) is 0. The zero-order valence-corrected chi connectivity index (χ0v) is 12.7. The van der Waals surface area contributed by atoms with E-state index in [9.17, 15) is 4.79 Å². The summed E-state index contributed by atoms with van der Waals surface area (Å²) in [5.74, 6) is 0.282. The second kappa shape index (κ2) is 7.85. The van der Waals surface area contributed by atoms with Crippen LogP contribution < -0.4 is 5.32 Å². The smallest absolute Gasteiger partial charge is 0.230 e. The standard InChI is InChI=1S/C15H30N2O2/c1-4-7-15(8-5-9-16-12-15)14(19)17(13(2)3)10-6-11-18/h13,16,18H,4-12H2,1-3H3. The number of amides is 1. The largest absolute Gasteiger partial charge is 0.396 e. The van der Waals surface area contributed by atoms with Gasteiger partial charge in [-0.1, -0.05) is 13.3 Å². The monoisotopic (exact) mass is 270 g/mol. The van der Waals surface area contributed by atoms with Crippen molar-refractivity contribution in [1.82, 2.24) is 10.2 Å². The van der Waals surface area contributed by atoms with E-state index in [1.54, 1.807) is 0 Å². The first-order valence-electron chi connectivity index (χ1n) is 7.70. The molecule has 4 nitrogen and oxygen atoms in total. The maximum atomic E-state index is 13.0. The molecule has 1 aliphatic rings. The molecule has 1 aliphatic heterocycles. The molecule has 0 aromatic carbocycles. The van der Waals surface area contributed by atoms with Crippen molar-refractivity contribution in [2.45, 2.75) is 58.9 Å². The van der Waals surface area contributed by atoms with Crippen LogP contribution in [0.15, 0.2) is 0 Å². The minimum absolute atomic E-state index is 0.148. The minimum atomic E-state index is -0.216. The molecule has 0 spiro atoms. The van der Waals surface area contributed by atoms with Gasteiger partial charge in [0.25, 0.3) is 0 Å². The Morgan fingerprint density at radius 1 is 1.47 bits per heavy atom. The zero-order valence-electron chi connectivity index (χ0n) is 12.7. The van der Waals surface area contributed by atoms with Crippen molar-refractivity contribution in [3.05, 3.63) is 0 Å². The average Bonchev–Trinajstić information content (AvgIpc) is 2.40. The Kier molecular flexibility index (Phi) is 6.80. The third-order valence-corrected chi connectivity index (χ3v) is 4.10. The molecule has 0 aromatic rings. The summed E-state index contributed by atoms with van der Waals surface area (Å²) in [5, 5.41) is 12.4. The first-order chi connectivity index (χ1) is 9.07. The van der Waals surface area contributed by atoms with E-state index in [4.69, 9.17) is 5.11 Å². The molecule has 1 amide bonds. The van der Waals surface area contributed by atoms with Gasteiger partial charge in [-0.15, -0.1) is 0 Å². The van der Waals surface area contributed by atoms with E-state index >= 15 is 0 Å². The van der Waals surface area contributed by atoms with Crippen LogP contribution in [0.2, 0.25) is 0 Å². The number of rotatable bonds is 7. The summed E-state index contributed by atoms with van der Waals surface area (Å²) in [6.07, 6.45) is 4.74. The first kappa shape index (κ1) is 16.4. The number of aliphatic hydroxyl groups is 1. The van der Waals surface area contributed by atoms with Gasteiger partial charge in [-0.2, -0.15) is 0 Å². The Morgan fingerprint density at radius 3 is 2.68 bits per heavy atom. The molecule has 2 N–H and O–H groups in total. The summed E-state index contributed by atoms with van der Waals surface area (Å²) in [5.41, 5.74) is -0.216. The molecule has 0 aromatic heterocycles. The summed E-state index contributed by atoms with van der Waals surface area (Å²) in [4.78, 5) is 14.9. The minimum Gasteiger partial charge on any atom is -0.396 e. The van der Waals surface area contributed by atoms with Gasteiger partial charge in [0, 0.05) is 25.7 Å². The highest BCUT2D eigenvalue weighted by Gasteiger charge is 2.41. The van der Waals surface area contributed by atoms with Gasteiger partial charge in [-0.25, -0.2) is 0 Å². The van der Waals surface area contributed by atoms with Crippen LogP contribution in [0, 0.1) is 5.41 Å². The Hall–Kier alpha value is -0.610. The molecule has 0 aliphatic carbocycles. The molecule has 112 valence electrons. The number of hydrogen-bond donors (Lipinski definition) is 2. The van der Waals surface area contributed by atoms with E-state index < -0.39 is 0 Å². The molecule has 1 saturated heterocycles. The number of piperidine rings is 1. The molecule has 0 radical (unpaired) electrons. The van der Waals surface area contributed by atoms with Crippen LogP contribution >= 0.6 is 0 Å². The van der Waals surface area contributed by atoms with Gasteiger partial charge in [0.1, 0.15) is 0 Å². The van der Waals surface area contributed by atoms with E-state index in [2.05, 4.69) is 26.1 Å². The summed E-state index contributed by atoms with van der Waals surface area (Å²) in [6.45, 7) is 8.92. The van der Waals surface area contributed by atoms with Crippen LogP contribution in [0.3, 0.4) is 0 Å². The molecule has 0 saturated carbocycles. The Bertz CT molecular complexity index is 268. The number of nitrogens with zero attached hydrogens (tertiary/aromatic N) is 1. The maximum Gasteiger partial charge on any atom is 0.230 e. The average molecular weight is 270 g/mol. The topological polar surface area (TPSA) is 52.6 Å². The molecular formula is C15H30N2O2. The summed E-state index contributed by atoms with van der Waals surface area (Å²) in [6, 6.07) is 0.203. The van der Waals surface area contributed by atoms with Crippen LogP contribution in [-0.2, 0) is 4.79 Å². The highest BCUT2D eigenvalue weighted by atomic mass is 16.3. The second-order valence-corrected chi connectivity index (χ2v) is 5.98. The van der Waals surface area contributed by atoms with Crippen molar-refractivity contribution in [3.63, 3.8) is 0 Å². The van der Waals surface area contributed by atoms with Gasteiger partial charge in [0.15, 0.2) is 0 Å². The fourth-order valence-electron chi connectivity index (χ4n) is 3.09. The van der Waals surface area contributed by atoms with Gasteiger partial charge >= 0.3 is 0 Å². The van der Waals surface area contributed by atoms with Crippen molar-refractivity contribution in [1.29, 1.82) is 0 Å². The van der Waals surface area contributed by atoms with Gasteiger partial charge < -0.3 is 15.3 Å². The van der Waals surface area contributed by atoms with Crippen LogP contribution in [0.1, 0.15) is 52.9 Å². The SMILES string of the molecule is CCCC1(C(=O)N(CCCO)C(C)C)CCCNC1. The third-order valence-electron chi connectivity index (χ3n) is 4.10. The molecule has 1 heterocycles. The molecule has 1 atom stereocenters. The lowest BCUT2D eigenvalue weighted by molar-refractivity contribution is -0.146. The molecule has 4 heteroatoms. The number of carbonyl (C=O) groups excluding carboxylic acids is 1. The fraction of sp³-hybridized carbons (Fsp3) is 0.933. The number of carbonyl (C=O) groups is 1. The molecule has 19 heavy (non-hydrogen) atoms. The first-order valence-corrected chi connectivity index (χ1v) is 7.70. The van der Waals surface area contributed by atoms with Crippen molar-refractivity contribution >= 4 is 5.91 Å². The Labute approximate surface area is 117 Å². The molecule has 1 unspecified atom stereocenters. The molecule has 1 fully saturated rings. The van der Waals surface area contributed by atoms with Crippen LogP contribution in [-0.4, -0.2) is 48.2 Å². The summed E-state index contributed by atoms with van der Waals surface area (Å²) < 4.78 is 0. The van der Waals surface area contributed by atoms with Crippen LogP contribution in [0.25, 0.3) is 0 Å². The van der Waals surface area contributed by atoms with Gasteiger partial charge in [0.2, 0.25) is 5.91 Å². The van der Waals surface area contributed by atoms with Gasteiger partial charge in [0.05, 0.1) is 5.41 Å². The predicted octanol–water partition coefficient (Wildman–Crippen LogP) is 1.78. The van der Waals surface area contributed by atoms with E-state index in [0.717, 1.165) is 38.8 Å². The fourth-order valence-corrected chi connectivity index (χ4v) is 3.09. The van der Waals surface area contributed by atoms with Crippen molar-refractivity contribution in [2.24, 2.45) is 5.41 Å². The Morgan fingerprint density at radius 2 is 2.21 bits per heavy atom. The predicted molar refractivity (Wildman–Crippen MR) is 78.0 cm³/mol. The molecular weight excluding hydrogens is 240 g/mol. The summed E-state index contributed by atoms with van der Waals surface area (Å²) >= 11 is 0. The normalized spacial score (nSPS) is 23.6. The van der Waals surface area contributed by atoms with Crippen molar-refractivity contribution in [2.75, 3.05) is 26.2 Å². The van der Waals surface area contributed by atoms with Crippen LogP contribution in [0.5, 0.6) is 0 Å². The lowest BCUT2D eigenvalue weighted by atomic mass is 9.75. The van der Waals surface area contributed by atoms with Gasteiger partial charge in [-0.3, -0.25) is 4.79 Å². The van der Waals surface area contributed by atoms with Crippen molar-refractivity contribution in [3.8, 4) is 0 Å². The number of aliphatic hydroxyl groups excluding tert-OH is 1. The van der Waals surface area contributed by atoms with Crippen LogP contribution in [0.4, 0.5) is 0 Å². The van der Waals surface area contributed by atoms with Crippen molar-refractivity contribution < 1.29 is 9.90 Å². The lowest BCUT2D eigenvalue weighted by Gasteiger charge is -2.41. The van der Waals surface area contributed by atoms with E-state index in [1.165, 1.54) is 0 Å². The molecule has 0 bridgehead atoms. The number of nitrogens with one attached hydrogen (secondary N) is 1. The van der Waals surface area contributed by atoms with E-state index in [-0.39, 0.29) is 24.0 Å². The second-order valence-electron chi connectivity index (χ2n) is 5.98. The van der Waals surface area contributed by atoms with E-state index in [0.29, 0.717) is 13.0 Å². The molecule has 1 rings (SSSR count). The third kappa shape index (κ3) is 4.18. The van der Waals surface area contributed by atoms with E-state index in [1.807, 2.05) is 4.90 Å². The quantitative estimate of drug-likeness (QED) is 0.741. The number of hydrogen-bond acceptors (Lipinski definition) is 3. The maximum absolute atomic E-state index is 13.0. The highest BCUT2D eigenvalue weighted by molar-refractivity contribution is 5.83. The Balaban J connectivity index is 2.82. The highest BCUT2D eigenvalue weighted by Crippen LogP contribution is 2.34. The zero-order chi connectivity index (χ0) is 14.3. The van der Waals surface area contributed by atoms with Gasteiger partial charge in [-0.05, 0) is 46.1 Å².